The van der Waals surface area contributed by atoms with Crippen LogP contribution >= 0.6 is 11.3 Å². The highest BCUT2D eigenvalue weighted by molar-refractivity contribution is 7.16. The zero-order valence-electron chi connectivity index (χ0n) is 12.8. The third-order valence-electron chi connectivity index (χ3n) is 3.53. The van der Waals surface area contributed by atoms with Gasteiger partial charge in [-0.3, -0.25) is 4.79 Å². The first kappa shape index (κ1) is 15.2. The van der Waals surface area contributed by atoms with Gasteiger partial charge in [-0.15, -0.1) is 0 Å². The molecule has 1 aromatic heterocycles. The van der Waals surface area contributed by atoms with Gasteiger partial charge in [0.15, 0.2) is 0 Å². The zero-order chi connectivity index (χ0) is 16.4. The molecule has 0 unspecified atom stereocenters. The van der Waals surface area contributed by atoms with Crippen molar-refractivity contribution in [1.82, 2.24) is 0 Å². The molecule has 0 aliphatic heterocycles. The van der Waals surface area contributed by atoms with Crippen molar-refractivity contribution in [2.75, 3.05) is 5.32 Å². The van der Waals surface area contributed by atoms with Crippen molar-refractivity contribution in [3.05, 3.63) is 68.9 Å². The Balaban J connectivity index is 1.87. The van der Waals surface area contributed by atoms with Crippen LogP contribution < -0.4 is 10.3 Å². The normalized spacial score (nSPS) is 11.2. The van der Waals surface area contributed by atoms with Gasteiger partial charge in [0.05, 0.1) is 4.70 Å². The Bertz CT molecular complexity index is 952. The number of carbonyl (C=O) groups excluding carboxylic acids is 1. The minimum Gasteiger partial charge on any atom is -0.414 e. The van der Waals surface area contributed by atoms with E-state index in [1.165, 1.54) is 6.08 Å². The molecule has 1 heterocycles. The molecule has 5 heteroatoms. The number of anilines is 1. The van der Waals surface area contributed by atoms with Crippen LogP contribution in [0.3, 0.4) is 0 Å². The molecule has 0 bridgehead atoms. The van der Waals surface area contributed by atoms with E-state index in [1.54, 1.807) is 12.1 Å². The fraction of sp³-hybridized carbons (Fsp3) is 0.111. The summed E-state index contributed by atoms with van der Waals surface area (Å²) in [6.07, 6.45) is 3.25. The van der Waals surface area contributed by atoms with Crippen molar-refractivity contribution in [2.24, 2.45) is 0 Å². The van der Waals surface area contributed by atoms with Gasteiger partial charge in [-0.05, 0) is 42.7 Å². The monoisotopic (exact) mass is 325 g/mol. The summed E-state index contributed by atoms with van der Waals surface area (Å²) < 4.78 is 5.90. The molecule has 3 rings (SSSR count). The Morgan fingerprint density at radius 2 is 1.96 bits per heavy atom. The quantitative estimate of drug-likeness (QED) is 0.737. The van der Waals surface area contributed by atoms with Gasteiger partial charge >= 0.3 is 4.94 Å². The summed E-state index contributed by atoms with van der Waals surface area (Å²) in [7, 11) is 0. The van der Waals surface area contributed by atoms with Gasteiger partial charge in [0.25, 0.3) is 0 Å². The molecule has 3 aromatic rings. The molecule has 0 saturated carbocycles. The number of fused-ring (bicyclic) bond motifs is 1. The molecular weight excluding hydrogens is 310 g/mol. The summed E-state index contributed by atoms with van der Waals surface area (Å²) in [4.78, 5) is 23.2. The minimum absolute atomic E-state index is 0.213. The summed E-state index contributed by atoms with van der Waals surface area (Å²) in [5.41, 5.74) is 3.94. The van der Waals surface area contributed by atoms with Crippen LogP contribution in [0.2, 0.25) is 0 Å². The highest BCUT2D eigenvalue weighted by Crippen LogP contribution is 2.31. The van der Waals surface area contributed by atoms with Crippen molar-refractivity contribution in [3.8, 4) is 0 Å². The van der Waals surface area contributed by atoms with Crippen LogP contribution in [0, 0.1) is 13.8 Å². The van der Waals surface area contributed by atoms with Crippen LogP contribution in [0.1, 0.15) is 16.7 Å². The van der Waals surface area contributed by atoms with Crippen LogP contribution in [-0.2, 0) is 4.79 Å². The third-order valence-corrected chi connectivity index (χ3v) is 4.50. The number of nitrogens with one attached hydrogen (secondary N) is 1. The van der Waals surface area contributed by atoms with Crippen molar-refractivity contribution >= 4 is 39.3 Å². The Hall–Kier alpha value is -2.66. The Morgan fingerprint density at radius 3 is 2.70 bits per heavy atom. The van der Waals surface area contributed by atoms with Gasteiger partial charge in [0.1, 0.15) is 5.58 Å². The lowest BCUT2D eigenvalue weighted by Crippen LogP contribution is -2.10. The Morgan fingerprint density at radius 1 is 1.22 bits per heavy atom. The van der Waals surface area contributed by atoms with E-state index in [2.05, 4.69) is 5.32 Å². The number of benzene rings is 2. The van der Waals surface area contributed by atoms with Crippen molar-refractivity contribution in [3.63, 3.8) is 0 Å². The number of hydrogen-bond donors (Lipinski definition) is 1. The van der Waals surface area contributed by atoms with Gasteiger partial charge in [0, 0.05) is 11.8 Å². The lowest BCUT2D eigenvalue weighted by molar-refractivity contribution is -0.111. The molecule has 1 amide bonds. The molecule has 0 aliphatic rings. The van der Waals surface area contributed by atoms with Gasteiger partial charge in [-0.25, -0.2) is 4.79 Å². The van der Waals surface area contributed by atoms with Crippen LogP contribution in [-0.4, -0.2) is 5.91 Å². The Labute approximate surface area is 137 Å². The maximum absolute atomic E-state index is 12.2. The first-order chi connectivity index (χ1) is 11.0. The average molecular weight is 325 g/mol. The number of carbonyl (C=O) groups is 1. The third kappa shape index (κ3) is 3.24. The lowest BCUT2D eigenvalue weighted by Gasteiger charge is -2.10. The molecule has 0 aliphatic carbocycles. The van der Waals surface area contributed by atoms with Gasteiger partial charge in [-0.1, -0.05) is 41.7 Å². The number of rotatable bonds is 3. The molecule has 0 spiro atoms. The van der Waals surface area contributed by atoms with Gasteiger partial charge in [0.2, 0.25) is 5.91 Å². The summed E-state index contributed by atoms with van der Waals surface area (Å²) in [5.74, 6) is -0.213. The van der Waals surface area contributed by atoms with E-state index in [-0.39, 0.29) is 10.8 Å². The number of aryl methyl sites for hydroxylation is 2. The zero-order valence-corrected chi connectivity index (χ0v) is 13.6. The first-order valence-electron chi connectivity index (χ1n) is 7.12. The Kier molecular flexibility index (Phi) is 4.12. The molecule has 4 nitrogen and oxygen atoms in total. The fourth-order valence-electron chi connectivity index (χ4n) is 2.42. The summed E-state index contributed by atoms with van der Waals surface area (Å²) >= 11 is 1.05. The van der Waals surface area contributed by atoms with Gasteiger partial charge < -0.3 is 9.73 Å². The maximum atomic E-state index is 12.2. The number of amides is 1. The first-order valence-corrected chi connectivity index (χ1v) is 7.94. The molecule has 0 fully saturated rings. The van der Waals surface area contributed by atoms with Crippen molar-refractivity contribution in [1.29, 1.82) is 0 Å². The minimum atomic E-state index is -0.338. The van der Waals surface area contributed by atoms with Crippen LogP contribution in [0.15, 0.2) is 51.7 Å². The highest BCUT2D eigenvalue weighted by Gasteiger charge is 2.13. The molecule has 0 saturated heterocycles. The van der Waals surface area contributed by atoms with Crippen LogP contribution in [0.25, 0.3) is 16.4 Å². The topological polar surface area (TPSA) is 59.3 Å². The van der Waals surface area contributed by atoms with E-state index in [9.17, 15) is 9.59 Å². The summed E-state index contributed by atoms with van der Waals surface area (Å²) in [5, 5.41) is 2.89. The molecule has 116 valence electrons. The molecule has 1 N–H and O–H groups in total. The van der Waals surface area contributed by atoms with E-state index in [0.29, 0.717) is 5.58 Å². The summed E-state index contributed by atoms with van der Waals surface area (Å²) in [6, 6.07) is 11.4. The molecule has 0 atom stereocenters. The largest absolute Gasteiger partial charge is 0.414 e. The van der Waals surface area contributed by atoms with E-state index < -0.39 is 0 Å². The molecule has 2 aromatic carbocycles. The average Bonchev–Trinajstić information content (AvgIpc) is 2.91. The van der Waals surface area contributed by atoms with Crippen molar-refractivity contribution < 1.29 is 9.21 Å². The van der Waals surface area contributed by atoms with Crippen LogP contribution in [0.5, 0.6) is 0 Å². The van der Waals surface area contributed by atoms with Crippen molar-refractivity contribution in [2.45, 2.75) is 13.8 Å². The smallest absolute Gasteiger partial charge is 0.396 e. The highest BCUT2D eigenvalue weighted by atomic mass is 32.1. The SMILES string of the molecule is Cc1cc2oc(=O)sc2c(C)c1NC(=O)C=Cc1ccccc1. The molecule has 23 heavy (non-hydrogen) atoms. The van der Waals surface area contributed by atoms with Crippen LogP contribution in [0.4, 0.5) is 5.69 Å². The predicted molar refractivity (Wildman–Crippen MR) is 93.9 cm³/mol. The fourth-order valence-corrected chi connectivity index (χ4v) is 3.17. The second-order valence-corrected chi connectivity index (χ2v) is 6.15. The van der Waals surface area contributed by atoms with E-state index in [0.717, 1.165) is 38.4 Å². The lowest BCUT2D eigenvalue weighted by atomic mass is 10.1. The molecule has 0 radical (unpaired) electrons. The van der Waals surface area contributed by atoms with E-state index in [1.807, 2.05) is 44.2 Å². The molecular formula is C18H15NO3S. The maximum Gasteiger partial charge on any atom is 0.396 e. The standard InChI is InChI=1S/C18H15NO3S/c1-11-10-14-17(23-18(21)22-14)12(2)16(11)19-15(20)9-8-13-6-4-3-5-7-13/h3-10H,1-2H3,(H,19,20). The van der Waals surface area contributed by atoms with Gasteiger partial charge in [-0.2, -0.15) is 0 Å². The number of hydrogen-bond acceptors (Lipinski definition) is 4. The second-order valence-electron chi connectivity index (χ2n) is 5.21. The second kappa shape index (κ2) is 6.22. The predicted octanol–water partition coefficient (Wildman–Crippen LogP) is 4.12. The summed E-state index contributed by atoms with van der Waals surface area (Å²) in [6.45, 7) is 3.75. The van der Waals surface area contributed by atoms with E-state index >= 15 is 0 Å². The van der Waals surface area contributed by atoms with E-state index in [4.69, 9.17) is 4.42 Å².